The number of nitrogens with two attached hydrogens (primary N) is 1. The molecule has 1 aromatic heterocycles. The third-order valence-corrected chi connectivity index (χ3v) is 3.64. The number of rotatable bonds is 4. The van der Waals surface area contributed by atoms with Gasteiger partial charge in [0.15, 0.2) is 11.6 Å². The number of ether oxygens (including phenoxy) is 2. The van der Waals surface area contributed by atoms with Crippen molar-refractivity contribution in [1.29, 1.82) is 0 Å². The molecule has 2 amide bonds. The SMILES string of the molecule is CCC.CO.COc1cccc(F)c1F.NC(=O)c1cc(NC(=O)C2CCCO2)ccn1. The summed E-state index contributed by atoms with van der Waals surface area (Å²) in [6.45, 7) is 4.86. The Hall–Kier alpha value is -3.11. The summed E-state index contributed by atoms with van der Waals surface area (Å²) < 4.78 is 34.6. The summed E-state index contributed by atoms with van der Waals surface area (Å²) in [6, 6.07) is 6.82. The standard InChI is InChI=1S/C11H13N3O3.C7H6F2O.C3H8.CH4O/c12-10(15)8-6-7(3-4-13-8)14-11(16)9-2-1-5-17-9;1-10-6-4-2-3-5(8)7(6)9;1-3-2;1-2/h3-4,6,9H,1-2,5H2,(H2,12,15)(H,13,14,16);2-4H,1H3;3H2,1-2H3;2H,1H3. The molecule has 3 rings (SSSR count). The van der Waals surface area contributed by atoms with Gasteiger partial charge in [-0.2, -0.15) is 4.39 Å². The van der Waals surface area contributed by atoms with Crippen LogP contribution in [0.15, 0.2) is 36.5 Å². The van der Waals surface area contributed by atoms with E-state index in [-0.39, 0.29) is 17.4 Å². The lowest BCUT2D eigenvalue weighted by molar-refractivity contribution is -0.124. The fourth-order valence-electron chi connectivity index (χ4n) is 2.29. The summed E-state index contributed by atoms with van der Waals surface area (Å²) in [7, 11) is 2.29. The fourth-order valence-corrected chi connectivity index (χ4v) is 2.29. The molecule has 178 valence electrons. The molecule has 0 aliphatic carbocycles. The van der Waals surface area contributed by atoms with Gasteiger partial charge in [0.1, 0.15) is 11.8 Å². The van der Waals surface area contributed by atoms with Crippen LogP contribution in [0.2, 0.25) is 0 Å². The van der Waals surface area contributed by atoms with Crippen LogP contribution in [0.1, 0.15) is 43.6 Å². The van der Waals surface area contributed by atoms with Crippen molar-refractivity contribution in [3.8, 4) is 5.75 Å². The van der Waals surface area contributed by atoms with Gasteiger partial charge in [-0.15, -0.1) is 0 Å². The van der Waals surface area contributed by atoms with Crippen LogP contribution in [0.3, 0.4) is 0 Å². The number of benzene rings is 1. The van der Waals surface area contributed by atoms with Crippen molar-refractivity contribution in [2.24, 2.45) is 5.73 Å². The number of carbonyl (C=O) groups is 2. The molecule has 1 atom stereocenters. The maximum atomic E-state index is 12.5. The number of primary amides is 1. The average Bonchev–Trinajstić information content (AvgIpc) is 3.33. The minimum Gasteiger partial charge on any atom is -0.494 e. The number of methoxy groups -OCH3 is 1. The first-order valence-corrected chi connectivity index (χ1v) is 9.95. The van der Waals surface area contributed by atoms with Crippen molar-refractivity contribution in [1.82, 2.24) is 4.98 Å². The normalized spacial score (nSPS) is 13.8. The summed E-state index contributed by atoms with van der Waals surface area (Å²) in [6.07, 6.45) is 3.88. The Labute approximate surface area is 186 Å². The number of anilines is 1. The van der Waals surface area contributed by atoms with Gasteiger partial charge >= 0.3 is 0 Å². The minimum atomic E-state index is -0.940. The molecule has 4 N–H and O–H groups in total. The Kier molecular flexibility index (Phi) is 15.0. The van der Waals surface area contributed by atoms with Crippen LogP contribution in [0.4, 0.5) is 14.5 Å². The second-order valence-corrected chi connectivity index (χ2v) is 6.25. The number of hydrogen-bond donors (Lipinski definition) is 3. The average molecular weight is 456 g/mol. The number of aliphatic hydroxyl groups excluding tert-OH is 1. The molecule has 1 unspecified atom stereocenters. The molecule has 0 saturated carbocycles. The molecule has 8 nitrogen and oxygen atoms in total. The number of halogens is 2. The number of aliphatic hydroxyl groups is 1. The second kappa shape index (κ2) is 16.6. The van der Waals surface area contributed by atoms with E-state index in [2.05, 4.69) is 28.9 Å². The third kappa shape index (κ3) is 10.3. The molecule has 1 fully saturated rings. The Morgan fingerprint density at radius 2 is 1.94 bits per heavy atom. The highest BCUT2D eigenvalue weighted by Gasteiger charge is 2.23. The smallest absolute Gasteiger partial charge is 0.267 e. The van der Waals surface area contributed by atoms with Crippen molar-refractivity contribution in [3.63, 3.8) is 0 Å². The maximum Gasteiger partial charge on any atom is 0.267 e. The van der Waals surface area contributed by atoms with Gasteiger partial charge in [-0.3, -0.25) is 14.6 Å². The highest BCUT2D eigenvalue weighted by Crippen LogP contribution is 2.18. The number of hydrogen-bond acceptors (Lipinski definition) is 6. The van der Waals surface area contributed by atoms with E-state index < -0.39 is 23.6 Å². The van der Waals surface area contributed by atoms with Gasteiger partial charge in [0.05, 0.1) is 7.11 Å². The molecule has 0 spiro atoms. The van der Waals surface area contributed by atoms with Crippen LogP contribution in [-0.2, 0) is 9.53 Å². The molecular formula is C22H31F2N3O5. The largest absolute Gasteiger partial charge is 0.494 e. The predicted molar refractivity (Wildman–Crippen MR) is 117 cm³/mol. The maximum absolute atomic E-state index is 12.5. The van der Waals surface area contributed by atoms with E-state index in [4.69, 9.17) is 15.6 Å². The van der Waals surface area contributed by atoms with Gasteiger partial charge < -0.3 is 25.6 Å². The zero-order valence-corrected chi connectivity index (χ0v) is 18.7. The first-order valence-electron chi connectivity index (χ1n) is 9.95. The molecular weight excluding hydrogens is 424 g/mol. The van der Waals surface area contributed by atoms with Crippen molar-refractivity contribution in [3.05, 3.63) is 53.9 Å². The number of pyridine rings is 1. The number of carbonyl (C=O) groups excluding carboxylic acids is 2. The zero-order valence-electron chi connectivity index (χ0n) is 18.7. The zero-order chi connectivity index (χ0) is 24.5. The highest BCUT2D eigenvalue weighted by atomic mass is 19.2. The number of nitrogens with zero attached hydrogens (tertiary/aromatic N) is 1. The summed E-state index contributed by atoms with van der Waals surface area (Å²) in [4.78, 5) is 26.4. The lowest BCUT2D eigenvalue weighted by atomic mass is 10.2. The van der Waals surface area contributed by atoms with Crippen molar-refractivity contribution >= 4 is 17.5 Å². The second-order valence-electron chi connectivity index (χ2n) is 6.25. The Morgan fingerprint density at radius 3 is 2.44 bits per heavy atom. The first kappa shape index (κ1) is 28.9. The van der Waals surface area contributed by atoms with Crippen LogP contribution in [-0.4, -0.2) is 48.8 Å². The monoisotopic (exact) mass is 455 g/mol. The lowest BCUT2D eigenvalue weighted by Crippen LogP contribution is -2.27. The number of nitrogens with one attached hydrogen (secondary N) is 1. The molecule has 2 aromatic rings. The molecule has 32 heavy (non-hydrogen) atoms. The molecule has 1 saturated heterocycles. The van der Waals surface area contributed by atoms with E-state index in [1.165, 1.54) is 37.9 Å². The predicted octanol–water partition coefficient (Wildman–Crippen LogP) is 3.30. The Bertz CT molecular complexity index is 831. The van der Waals surface area contributed by atoms with Gasteiger partial charge in [-0.1, -0.05) is 26.3 Å². The molecule has 0 bridgehead atoms. The number of amides is 2. The van der Waals surface area contributed by atoms with Gasteiger partial charge in [0.2, 0.25) is 5.82 Å². The number of aromatic nitrogens is 1. The van der Waals surface area contributed by atoms with Crippen LogP contribution in [0.25, 0.3) is 0 Å². The van der Waals surface area contributed by atoms with Gasteiger partial charge in [-0.25, -0.2) is 4.39 Å². The van der Waals surface area contributed by atoms with E-state index in [9.17, 15) is 18.4 Å². The molecule has 2 heterocycles. The Morgan fingerprint density at radius 1 is 1.28 bits per heavy atom. The van der Waals surface area contributed by atoms with E-state index in [1.54, 1.807) is 6.07 Å². The molecule has 10 heteroatoms. The van der Waals surface area contributed by atoms with Crippen molar-refractivity contribution < 1.29 is 33.0 Å². The summed E-state index contributed by atoms with van der Waals surface area (Å²) >= 11 is 0. The van der Waals surface area contributed by atoms with Crippen LogP contribution < -0.4 is 15.8 Å². The summed E-state index contributed by atoms with van der Waals surface area (Å²) in [5, 5.41) is 9.67. The molecule has 1 aliphatic heterocycles. The van der Waals surface area contributed by atoms with Gasteiger partial charge in [0, 0.05) is 25.6 Å². The van der Waals surface area contributed by atoms with E-state index in [0.717, 1.165) is 26.0 Å². The highest BCUT2D eigenvalue weighted by molar-refractivity contribution is 5.96. The van der Waals surface area contributed by atoms with Crippen LogP contribution >= 0.6 is 0 Å². The third-order valence-electron chi connectivity index (χ3n) is 3.64. The Balaban J connectivity index is 0.000000545. The van der Waals surface area contributed by atoms with Gasteiger partial charge in [-0.05, 0) is 37.1 Å². The van der Waals surface area contributed by atoms with Gasteiger partial charge in [0.25, 0.3) is 11.8 Å². The topological polar surface area (TPSA) is 124 Å². The van der Waals surface area contributed by atoms with Crippen molar-refractivity contribution in [2.75, 3.05) is 26.1 Å². The van der Waals surface area contributed by atoms with Crippen LogP contribution in [0.5, 0.6) is 5.75 Å². The quantitative estimate of drug-likeness (QED) is 0.650. The fraction of sp³-hybridized carbons (Fsp3) is 0.409. The first-order chi connectivity index (χ1) is 15.3. The summed E-state index contributed by atoms with van der Waals surface area (Å²) in [5.74, 6) is -2.73. The summed E-state index contributed by atoms with van der Waals surface area (Å²) in [5.41, 5.74) is 5.71. The van der Waals surface area contributed by atoms with E-state index in [1.807, 2.05) is 0 Å². The van der Waals surface area contributed by atoms with Crippen molar-refractivity contribution in [2.45, 2.75) is 39.2 Å². The molecule has 0 radical (unpaired) electrons. The van der Waals surface area contributed by atoms with E-state index >= 15 is 0 Å². The molecule has 1 aliphatic rings. The van der Waals surface area contributed by atoms with E-state index in [0.29, 0.717) is 12.3 Å². The lowest BCUT2D eigenvalue weighted by Gasteiger charge is -2.10. The molecule has 1 aromatic carbocycles. The minimum absolute atomic E-state index is 0.0694. The van der Waals surface area contributed by atoms with Crippen LogP contribution in [0, 0.1) is 11.6 Å².